The number of nitrogens with one attached hydrogen (secondary N) is 3. The van der Waals surface area contributed by atoms with Crippen LogP contribution in [0.25, 0.3) is 22.4 Å². The molecule has 1 heterocycles. The van der Waals surface area contributed by atoms with Crippen molar-refractivity contribution in [2.24, 2.45) is 11.1 Å². The van der Waals surface area contributed by atoms with Crippen molar-refractivity contribution in [2.75, 3.05) is 32.8 Å². The predicted octanol–water partition coefficient (Wildman–Crippen LogP) is 6.65. The molecule has 62 heavy (non-hydrogen) atoms. The number of aromatic nitrogens is 2. The highest BCUT2D eigenvalue weighted by molar-refractivity contribution is 5.86. The summed E-state index contributed by atoms with van der Waals surface area (Å²) in [5.41, 5.74) is 9.79. The average Bonchev–Trinajstić information content (AvgIpc) is 3.80. The van der Waals surface area contributed by atoms with Gasteiger partial charge in [0.15, 0.2) is 0 Å². The van der Waals surface area contributed by atoms with Gasteiger partial charge in [-0.3, -0.25) is 9.59 Å². The SMILES string of the molecule is CC(C)(C)[C@H](c1nc(-c2cc(F)ccc2F)cn1Cc1ccccc1)N(CCCNC(=O)[C@H](CCCNC(N)=O)NC(=O)OCC1c2ccccc2-c2ccccc21)C(=O)CO. The number of amides is 5. The number of benzene rings is 4. The summed E-state index contributed by atoms with van der Waals surface area (Å²) in [6, 6.07) is 26.0. The highest BCUT2D eigenvalue weighted by atomic mass is 19.1. The van der Waals surface area contributed by atoms with E-state index in [0.717, 1.165) is 46.0 Å². The normalized spacial score (nSPS) is 13.1. The van der Waals surface area contributed by atoms with Crippen LogP contribution in [0.4, 0.5) is 18.4 Å². The van der Waals surface area contributed by atoms with Gasteiger partial charge in [0.05, 0.1) is 11.7 Å². The lowest BCUT2D eigenvalue weighted by atomic mass is 9.84. The number of ether oxygens (including phenoxy) is 1. The maximum absolute atomic E-state index is 15.1. The molecule has 0 unspecified atom stereocenters. The molecule has 0 saturated carbocycles. The summed E-state index contributed by atoms with van der Waals surface area (Å²) in [6.45, 7) is 5.58. The monoisotopic (exact) mass is 849 g/mol. The summed E-state index contributed by atoms with van der Waals surface area (Å²) in [7, 11) is 0. The number of carbonyl (C=O) groups excluding carboxylic acids is 4. The van der Waals surface area contributed by atoms with Crippen LogP contribution in [0.3, 0.4) is 0 Å². The minimum atomic E-state index is -1.04. The van der Waals surface area contributed by atoms with E-state index in [2.05, 4.69) is 16.0 Å². The zero-order valence-corrected chi connectivity index (χ0v) is 35.1. The van der Waals surface area contributed by atoms with E-state index in [0.29, 0.717) is 18.8 Å². The Hall–Kier alpha value is -6.61. The first kappa shape index (κ1) is 44.9. The maximum atomic E-state index is 15.1. The van der Waals surface area contributed by atoms with Gasteiger partial charge in [0, 0.05) is 43.9 Å². The Morgan fingerprint density at radius 2 is 1.52 bits per heavy atom. The van der Waals surface area contributed by atoms with Crippen LogP contribution >= 0.6 is 0 Å². The number of aliphatic hydroxyl groups is 1. The Bertz CT molecular complexity index is 2320. The van der Waals surface area contributed by atoms with Crippen molar-refractivity contribution >= 4 is 23.9 Å². The molecule has 1 aliphatic carbocycles. The summed E-state index contributed by atoms with van der Waals surface area (Å²) in [4.78, 5) is 58.1. The molecule has 6 rings (SSSR count). The van der Waals surface area contributed by atoms with Crippen LogP contribution in [0.5, 0.6) is 0 Å². The lowest BCUT2D eigenvalue weighted by molar-refractivity contribution is -0.139. The fourth-order valence-electron chi connectivity index (χ4n) is 8.01. The van der Waals surface area contributed by atoms with Gasteiger partial charge in [0.2, 0.25) is 11.8 Å². The molecule has 1 aliphatic rings. The number of nitrogens with two attached hydrogens (primary N) is 1. The predicted molar refractivity (Wildman–Crippen MR) is 231 cm³/mol. The Labute approximate surface area is 359 Å². The van der Waals surface area contributed by atoms with E-state index in [9.17, 15) is 28.7 Å². The number of primary amides is 1. The topological polar surface area (TPSA) is 181 Å². The number of aliphatic hydroxyl groups excluding tert-OH is 1. The minimum Gasteiger partial charge on any atom is -0.449 e. The van der Waals surface area contributed by atoms with Crippen molar-refractivity contribution in [1.29, 1.82) is 0 Å². The number of imidazole rings is 1. The van der Waals surface area contributed by atoms with Gasteiger partial charge in [-0.25, -0.2) is 23.4 Å². The van der Waals surface area contributed by atoms with Crippen LogP contribution in [0.1, 0.15) is 74.5 Å². The van der Waals surface area contributed by atoms with E-state index in [1.54, 1.807) is 10.8 Å². The Kier molecular flexibility index (Phi) is 14.7. The highest BCUT2D eigenvalue weighted by Gasteiger charge is 2.38. The van der Waals surface area contributed by atoms with Crippen molar-refractivity contribution in [3.8, 4) is 22.4 Å². The molecule has 5 aromatic rings. The fourth-order valence-corrected chi connectivity index (χ4v) is 8.01. The van der Waals surface area contributed by atoms with Crippen molar-refractivity contribution in [2.45, 2.75) is 64.6 Å². The van der Waals surface area contributed by atoms with Gasteiger partial charge in [-0.1, -0.05) is 99.6 Å². The molecule has 1 aromatic heterocycles. The fraction of sp³-hybridized carbons (Fsp3) is 0.340. The largest absolute Gasteiger partial charge is 0.449 e. The maximum Gasteiger partial charge on any atom is 0.407 e. The lowest BCUT2D eigenvalue weighted by Gasteiger charge is -2.40. The van der Waals surface area contributed by atoms with Crippen LogP contribution in [-0.4, -0.2) is 82.4 Å². The van der Waals surface area contributed by atoms with Gasteiger partial charge in [0.1, 0.15) is 36.7 Å². The van der Waals surface area contributed by atoms with Gasteiger partial charge < -0.3 is 41.0 Å². The Morgan fingerprint density at radius 3 is 2.16 bits per heavy atom. The van der Waals surface area contributed by atoms with Crippen molar-refractivity contribution in [3.63, 3.8) is 0 Å². The number of urea groups is 1. The van der Waals surface area contributed by atoms with Crippen molar-refractivity contribution in [1.82, 2.24) is 30.4 Å². The molecule has 15 heteroatoms. The standard InChI is InChI=1S/C47H53F2N7O6/c1-47(2,3)42(43-53-40(36-25-31(48)20-21-38(36)49)27-55(43)26-30-13-5-4-6-14-30)56(41(58)28-57)24-12-23-51-44(59)39(19-11-22-52-45(50)60)54-46(61)62-29-37-34-17-9-7-15-32(34)33-16-8-10-18-35(33)37/h4-10,13-18,20-21,25,27,37,39,42,57H,11-12,19,22-24,26,28-29H2,1-3H3,(H,51,59)(H,54,61)(H3,50,52,60)/t39-,42-/m0/s1. The molecule has 6 N–H and O–H groups in total. The molecule has 0 bridgehead atoms. The number of nitrogens with zero attached hydrogens (tertiary/aromatic N) is 3. The Morgan fingerprint density at radius 1 is 0.871 bits per heavy atom. The van der Waals surface area contributed by atoms with Crippen LogP contribution < -0.4 is 21.7 Å². The third-order valence-corrected chi connectivity index (χ3v) is 10.8. The summed E-state index contributed by atoms with van der Waals surface area (Å²) in [6.07, 6.45) is 1.54. The van der Waals surface area contributed by atoms with Gasteiger partial charge >= 0.3 is 12.1 Å². The molecule has 13 nitrogen and oxygen atoms in total. The van der Waals surface area contributed by atoms with Crippen LogP contribution in [0.2, 0.25) is 0 Å². The molecular weight excluding hydrogens is 797 g/mol. The van der Waals surface area contributed by atoms with Crippen LogP contribution in [0.15, 0.2) is 103 Å². The van der Waals surface area contributed by atoms with Gasteiger partial charge in [-0.2, -0.15) is 0 Å². The van der Waals surface area contributed by atoms with E-state index in [4.69, 9.17) is 15.5 Å². The highest BCUT2D eigenvalue weighted by Crippen LogP contribution is 2.44. The number of halogens is 2. The Balaban J connectivity index is 1.16. The summed E-state index contributed by atoms with van der Waals surface area (Å²) in [5, 5.41) is 18.2. The first-order valence-corrected chi connectivity index (χ1v) is 20.6. The minimum absolute atomic E-state index is 0.0416. The van der Waals surface area contributed by atoms with Crippen LogP contribution in [-0.2, 0) is 20.9 Å². The number of carbonyl (C=O) groups is 4. The number of rotatable bonds is 18. The number of hydrogen-bond donors (Lipinski definition) is 5. The van der Waals surface area contributed by atoms with E-state index in [-0.39, 0.29) is 56.3 Å². The van der Waals surface area contributed by atoms with E-state index in [1.807, 2.05) is 99.6 Å². The van der Waals surface area contributed by atoms with E-state index < -0.39 is 59.7 Å². The summed E-state index contributed by atoms with van der Waals surface area (Å²) >= 11 is 0. The second kappa shape index (κ2) is 20.3. The number of fused-ring (bicyclic) bond motifs is 3. The number of alkyl carbamates (subject to hydrolysis) is 1. The van der Waals surface area contributed by atoms with Gasteiger partial charge in [0.25, 0.3) is 0 Å². The van der Waals surface area contributed by atoms with Crippen LogP contribution in [0, 0.1) is 17.0 Å². The first-order valence-electron chi connectivity index (χ1n) is 20.6. The quantitative estimate of drug-likeness (QED) is 0.0613. The van der Waals surface area contributed by atoms with E-state index >= 15 is 4.39 Å². The molecule has 0 radical (unpaired) electrons. The van der Waals surface area contributed by atoms with Gasteiger partial charge in [-0.15, -0.1) is 0 Å². The average molecular weight is 850 g/mol. The third kappa shape index (κ3) is 11.0. The zero-order chi connectivity index (χ0) is 44.4. The lowest BCUT2D eigenvalue weighted by Crippen LogP contribution is -2.48. The molecular formula is C47H53F2N7O6. The third-order valence-electron chi connectivity index (χ3n) is 10.8. The molecule has 2 atom stereocenters. The molecule has 0 aliphatic heterocycles. The second-order valence-corrected chi connectivity index (χ2v) is 16.3. The number of hydrogen-bond acceptors (Lipinski definition) is 7. The summed E-state index contributed by atoms with van der Waals surface area (Å²) in [5.74, 6) is -2.20. The molecule has 0 saturated heterocycles. The molecule has 5 amide bonds. The second-order valence-electron chi connectivity index (χ2n) is 16.3. The van der Waals surface area contributed by atoms with Crippen molar-refractivity contribution in [3.05, 3.63) is 137 Å². The first-order chi connectivity index (χ1) is 29.7. The molecule has 326 valence electrons. The molecule has 0 fully saturated rings. The van der Waals surface area contributed by atoms with E-state index in [1.165, 1.54) is 4.90 Å². The van der Waals surface area contributed by atoms with Crippen molar-refractivity contribution < 1.29 is 37.8 Å². The molecule has 0 spiro atoms. The zero-order valence-electron chi connectivity index (χ0n) is 35.1. The smallest absolute Gasteiger partial charge is 0.407 e. The molecule has 4 aromatic carbocycles. The summed E-state index contributed by atoms with van der Waals surface area (Å²) < 4.78 is 37.0. The van der Waals surface area contributed by atoms with Gasteiger partial charge in [-0.05, 0) is 70.7 Å².